The molecule has 0 spiro atoms. The quantitative estimate of drug-likeness (QED) is 0.793. The SMILES string of the molecule is COC(c1noc(CN)n1)C(C)(C)C. The van der Waals surface area contributed by atoms with Gasteiger partial charge in [0, 0.05) is 7.11 Å². The molecule has 0 aromatic carbocycles. The van der Waals surface area contributed by atoms with Gasteiger partial charge in [-0.3, -0.25) is 0 Å². The van der Waals surface area contributed by atoms with Gasteiger partial charge in [-0.25, -0.2) is 0 Å². The van der Waals surface area contributed by atoms with Crippen LogP contribution in [0.15, 0.2) is 4.52 Å². The maximum absolute atomic E-state index is 5.38. The van der Waals surface area contributed by atoms with Gasteiger partial charge in [0.2, 0.25) is 11.7 Å². The van der Waals surface area contributed by atoms with E-state index < -0.39 is 0 Å². The van der Waals surface area contributed by atoms with Gasteiger partial charge in [0.25, 0.3) is 0 Å². The van der Waals surface area contributed by atoms with E-state index in [1.807, 2.05) is 0 Å². The maximum atomic E-state index is 5.38. The van der Waals surface area contributed by atoms with Crippen molar-refractivity contribution in [3.05, 3.63) is 11.7 Å². The Labute approximate surface area is 83.6 Å². The predicted molar refractivity (Wildman–Crippen MR) is 51.4 cm³/mol. The molecule has 0 aliphatic heterocycles. The van der Waals surface area contributed by atoms with E-state index >= 15 is 0 Å². The minimum Gasteiger partial charge on any atom is -0.373 e. The fourth-order valence-corrected chi connectivity index (χ4v) is 1.30. The van der Waals surface area contributed by atoms with Crippen LogP contribution in [0.4, 0.5) is 0 Å². The minimum atomic E-state index is -0.174. The molecule has 80 valence electrons. The molecule has 0 amide bonds. The van der Waals surface area contributed by atoms with Crippen molar-refractivity contribution in [1.29, 1.82) is 0 Å². The van der Waals surface area contributed by atoms with E-state index in [2.05, 4.69) is 30.9 Å². The van der Waals surface area contributed by atoms with Crippen molar-refractivity contribution < 1.29 is 9.26 Å². The highest BCUT2D eigenvalue weighted by atomic mass is 16.5. The van der Waals surface area contributed by atoms with Crippen molar-refractivity contribution in [2.45, 2.75) is 33.4 Å². The number of hydrogen-bond acceptors (Lipinski definition) is 5. The van der Waals surface area contributed by atoms with Gasteiger partial charge < -0.3 is 15.0 Å². The molecule has 14 heavy (non-hydrogen) atoms. The summed E-state index contributed by atoms with van der Waals surface area (Å²) in [5.41, 5.74) is 5.31. The average molecular weight is 199 g/mol. The van der Waals surface area contributed by atoms with Crippen molar-refractivity contribution in [2.24, 2.45) is 11.1 Å². The van der Waals surface area contributed by atoms with Crippen molar-refractivity contribution in [3.8, 4) is 0 Å². The van der Waals surface area contributed by atoms with Gasteiger partial charge in [-0.05, 0) is 5.41 Å². The second-order valence-electron chi connectivity index (χ2n) is 4.23. The first-order valence-corrected chi connectivity index (χ1v) is 4.54. The molecule has 5 heteroatoms. The smallest absolute Gasteiger partial charge is 0.240 e. The minimum absolute atomic E-state index is 0.0650. The third-order valence-electron chi connectivity index (χ3n) is 1.92. The topological polar surface area (TPSA) is 74.2 Å². The Balaban J connectivity index is 2.90. The van der Waals surface area contributed by atoms with Gasteiger partial charge in [0.1, 0.15) is 6.10 Å². The van der Waals surface area contributed by atoms with E-state index in [4.69, 9.17) is 15.0 Å². The number of nitrogens with zero attached hydrogens (tertiary/aromatic N) is 2. The standard InChI is InChI=1S/C9H17N3O2/c1-9(2,3)7(13-4)8-11-6(5-10)14-12-8/h7H,5,10H2,1-4H3. The zero-order chi connectivity index (χ0) is 10.8. The lowest BCUT2D eigenvalue weighted by Gasteiger charge is -2.26. The molecule has 0 aliphatic rings. The number of rotatable bonds is 3. The van der Waals surface area contributed by atoms with E-state index in [9.17, 15) is 0 Å². The summed E-state index contributed by atoms with van der Waals surface area (Å²) < 4.78 is 10.3. The molecule has 1 heterocycles. The van der Waals surface area contributed by atoms with Crippen LogP contribution in [0, 0.1) is 5.41 Å². The van der Waals surface area contributed by atoms with Crippen LogP contribution in [0.25, 0.3) is 0 Å². The third kappa shape index (κ3) is 2.30. The van der Waals surface area contributed by atoms with Gasteiger partial charge in [-0.1, -0.05) is 25.9 Å². The lowest BCUT2D eigenvalue weighted by atomic mass is 9.88. The van der Waals surface area contributed by atoms with E-state index in [1.54, 1.807) is 7.11 Å². The van der Waals surface area contributed by atoms with Gasteiger partial charge in [0.15, 0.2) is 0 Å². The number of aromatic nitrogens is 2. The summed E-state index contributed by atoms with van der Waals surface area (Å²) in [6.07, 6.45) is -0.174. The molecule has 1 rings (SSSR count). The van der Waals surface area contributed by atoms with Crippen molar-refractivity contribution in [3.63, 3.8) is 0 Å². The third-order valence-corrected chi connectivity index (χ3v) is 1.92. The normalized spacial score (nSPS) is 14.4. The first-order valence-electron chi connectivity index (χ1n) is 4.54. The highest BCUT2D eigenvalue weighted by Gasteiger charge is 2.30. The summed E-state index contributed by atoms with van der Waals surface area (Å²) in [5.74, 6) is 0.992. The van der Waals surface area contributed by atoms with E-state index in [-0.39, 0.29) is 18.1 Å². The summed E-state index contributed by atoms with van der Waals surface area (Å²) in [6, 6.07) is 0. The summed E-state index contributed by atoms with van der Waals surface area (Å²) in [7, 11) is 1.63. The van der Waals surface area contributed by atoms with Gasteiger partial charge in [-0.15, -0.1) is 0 Å². The lowest BCUT2D eigenvalue weighted by Crippen LogP contribution is -2.21. The fourth-order valence-electron chi connectivity index (χ4n) is 1.30. The van der Waals surface area contributed by atoms with Crippen LogP contribution in [0.2, 0.25) is 0 Å². The van der Waals surface area contributed by atoms with Gasteiger partial charge >= 0.3 is 0 Å². The Bertz CT molecular complexity index is 290. The molecule has 0 bridgehead atoms. The first-order chi connectivity index (χ1) is 6.49. The van der Waals surface area contributed by atoms with Crippen LogP contribution in [0.1, 0.15) is 38.6 Å². The first kappa shape index (κ1) is 11.1. The largest absolute Gasteiger partial charge is 0.373 e. The Morgan fingerprint density at radius 1 is 1.50 bits per heavy atom. The van der Waals surface area contributed by atoms with Crippen LogP contribution in [-0.4, -0.2) is 17.3 Å². The highest BCUT2D eigenvalue weighted by Crippen LogP contribution is 2.33. The van der Waals surface area contributed by atoms with Gasteiger partial charge in [-0.2, -0.15) is 4.98 Å². The fraction of sp³-hybridized carbons (Fsp3) is 0.778. The molecule has 1 aromatic heterocycles. The monoisotopic (exact) mass is 199 g/mol. The molecule has 2 N–H and O–H groups in total. The van der Waals surface area contributed by atoms with Crippen molar-refractivity contribution in [2.75, 3.05) is 7.11 Å². The van der Waals surface area contributed by atoms with Crippen LogP contribution in [0.5, 0.6) is 0 Å². The number of nitrogens with two attached hydrogens (primary N) is 1. The molecule has 0 fully saturated rings. The molecule has 0 aliphatic carbocycles. The highest BCUT2D eigenvalue weighted by molar-refractivity contribution is 4.95. The van der Waals surface area contributed by atoms with Crippen molar-refractivity contribution >= 4 is 0 Å². The zero-order valence-corrected chi connectivity index (χ0v) is 9.07. The molecule has 0 saturated heterocycles. The Kier molecular flexibility index (Phi) is 3.23. The van der Waals surface area contributed by atoms with E-state index in [1.165, 1.54) is 0 Å². The number of methoxy groups -OCH3 is 1. The second-order valence-corrected chi connectivity index (χ2v) is 4.23. The van der Waals surface area contributed by atoms with E-state index in [0.29, 0.717) is 11.7 Å². The molecular weight excluding hydrogens is 182 g/mol. The average Bonchev–Trinajstić information content (AvgIpc) is 2.51. The predicted octanol–water partition coefficient (Wildman–Crippen LogP) is 1.26. The summed E-state index contributed by atoms with van der Waals surface area (Å²) in [6.45, 7) is 6.42. The van der Waals surface area contributed by atoms with Crippen LogP contribution in [-0.2, 0) is 11.3 Å². The summed E-state index contributed by atoms with van der Waals surface area (Å²) >= 11 is 0. The Morgan fingerprint density at radius 2 is 2.14 bits per heavy atom. The number of hydrogen-bond donors (Lipinski definition) is 1. The summed E-state index contributed by atoms with van der Waals surface area (Å²) in [4.78, 5) is 4.14. The Hall–Kier alpha value is -0.940. The molecule has 1 atom stereocenters. The Morgan fingerprint density at radius 3 is 2.50 bits per heavy atom. The summed E-state index contributed by atoms with van der Waals surface area (Å²) in [5, 5.41) is 3.83. The number of ether oxygens (including phenoxy) is 1. The lowest BCUT2D eigenvalue weighted by molar-refractivity contribution is 0.00718. The van der Waals surface area contributed by atoms with Crippen LogP contribution >= 0.6 is 0 Å². The second kappa shape index (κ2) is 4.06. The molecule has 5 nitrogen and oxygen atoms in total. The molecule has 0 saturated carbocycles. The molecule has 1 aromatic rings. The van der Waals surface area contributed by atoms with Crippen LogP contribution < -0.4 is 5.73 Å². The molecular formula is C9H17N3O2. The molecule has 0 radical (unpaired) electrons. The van der Waals surface area contributed by atoms with E-state index in [0.717, 1.165) is 0 Å². The van der Waals surface area contributed by atoms with Crippen molar-refractivity contribution in [1.82, 2.24) is 10.1 Å². The maximum Gasteiger partial charge on any atom is 0.240 e. The van der Waals surface area contributed by atoms with Crippen LogP contribution in [0.3, 0.4) is 0 Å². The molecule has 1 unspecified atom stereocenters. The zero-order valence-electron chi connectivity index (χ0n) is 9.07. The van der Waals surface area contributed by atoms with Gasteiger partial charge in [0.05, 0.1) is 6.54 Å².